The zero-order valence-corrected chi connectivity index (χ0v) is 18.5. The first-order valence-electron chi connectivity index (χ1n) is 10.7. The van der Waals surface area contributed by atoms with Crippen LogP contribution in [-0.2, 0) is 12.5 Å². The molecule has 1 fully saturated rings. The minimum Gasteiger partial charge on any atom is -0.388 e. The first kappa shape index (κ1) is 19.6. The molecule has 5 heteroatoms. The van der Waals surface area contributed by atoms with E-state index in [1.807, 2.05) is 21.1 Å². The Morgan fingerprint density at radius 1 is 1.07 bits per heavy atom. The van der Waals surface area contributed by atoms with E-state index in [4.69, 9.17) is 5.10 Å². The van der Waals surface area contributed by atoms with Crippen molar-refractivity contribution in [3.8, 4) is 11.1 Å². The Bertz CT molecular complexity index is 1020. The van der Waals surface area contributed by atoms with E-state index >= 15 is 0 Å². The van der Waals surface area contributed by atoms with E-state index in [2.05, 4.69) is 71.9 Å². The summed E-state index contributed by atoms with van der Waals surface area (Å²) in [5.41, 5.74) is 8.20. The summed E-state index contributed by atoms with van der Waals surface area (Å²) < 4.78 is 2.13. The Labute approximate surface area is 173 Å². The van der Waals surface area contributed by atoms with Crippen LogP contribution >= 0.6 is 0 Å². The molecule has 154 valence electrons. The van der Waals surface area contributed by atoms with Gasteiger partial charge in [0.25, 0.3) is 0 Å². The number of rotatable bonds is 7. The van der Waals surface area contributed by atoms with Gasteiger partial charge in [-0.15, -0.1) is 0 Å². The Hall–Kier alpha value is -2.69. The van der Waals surface area contributed by atoms with E-state index in [9.17, 15) is 0 Å². The first-order chi connectivity index (χ1) is 14.0. The van der Waals surface area contributed by atoms with Crippen molar-refractivity contribution in [1.82, 2.24) is 9.78 Å². The van der Waals surface area contributed by atoms with Crippen LogP contribution in [0, 0.1) is 5.92 Å². The normalized spacial score (nSPS) is 15.9. The number of aryl methyl sites for hydroxylation is 1. The van der Waals surface area contributed by atoms with Gasteiger partial charge in [0.15, 0.2) is 0 Å². The van der Waals surface area contributed by atoms with Crippen LogP contribution in [0.15, 0.2) is 30.3 Å². The van der Waals surface area contributed by atoms with Crippen LogP contribution in [0.1, 0.15) is 38.8 Å². The van der Waals surface area contributed by atoms with Gasteiger partial charge in [0, 0.05) is 67.2 Å². The Morgan fingerprint density at radius 2 is 1.72 bits per heavy atom. The first-order valence-corrected chi connectivity index (χ1v) is 10.7. The van der Waals surface area contributed by atoms with Crippen molar-refractivity contribution in [2.24, 2.45) is 13.0 Å². The third kappa shape index (κ3) is 3.04. The maximum absolute atomic E-state index is 5.05. The molecule has 0 saturated heterocycles. The van der Waals surface area contributed by atoms with Gasteiger partial charge in [0.1, 0.15) is 5.52 Å². The molecule has 1 unspecified atom stereocenters. The maximum atomic E-state index is 5.05. The van der Waals surface area contributed by atoms with E-state index < -0.39 is 0 Å². The molecular weight excluding hydrogens is 358 g/mol. The quantitative estimate of drug-likeness (QED) is 0.502. The highest BCUT2D eigenvalue weighted by Crippen LogP contribution is 2.51. The molecule has 1 aliphatic carbocycles. The van der Waals surface area contributed by atoms with Crippen molar-refractivity contribution in [3.05, 3.63) is 36.0 Å². The monoisotopic (exact) mass is 391 g/mol. The average molecular weight is 392 g/mol. The zero-order chi connectivity index (χ0) is 20.8. The summed E-state index contributed by atoms with van der Waals surface area (Å²) in [5, 5.41) is 16.4. The van der Waals surface area contributed by atoms with Crippen LogP contribution in [0.5, 0.6) is 0 Å². The molecule has 29 heavy (non-hydrogen) atoms. The predicted octanol–water partition coefficient (Wildman–Crippen LogP) is 5.44. The highest BCUT2D eigenvalue weighted by Gasteiger charge is 2.44. The summed E-state index contributed by atoms with van der Waals surface area (Å²) in [7, 11) is 8.01. The fraction of sp³-hybridized carbons (Fsp3) is 0.458. The molecule has 1 atom stereocenters. The summed E-state index contributed by atoms with van der Waals surface area (Å²) in [6.07, 6.45) is 3.79. The van der Waals surface area contributed by atoms with E-state index in [0.29, 0.717) is 0 Å². The number of fused-ring (bicyclic) bond motifs is 1. The minimum atomic E-state index is 0.176. The van der Waals surface area contributed by atoms with Crippen LogP contribution in [0.3, 0.4) is 0 Å². The fourth-order valence-electron chi connectivity index (χ4n) is 4.94. The summed E-state index contributed by atoms with van der Waals surface area (Å²) in [6, 6.07) is 10.9. The van der Waals surface area contributed by atoms with Gasteiger partial charge in [0.2, 0.25) is 0 Å². The standard InChI is InChI=1S/C24H33N5/c1-7-24(2,15-11-12-15)23-18-10-8-9-17(22(18)28-29(23)6)21-19(26-4)13-16(25-3)14-20(21)27-5/h8-10,13-15,25-27H,7,11-12H2,1-6H3. The maximum Gasteiger partial charge on any atom is 0.101 e. The number of benzene rings is 2. The highest BCUT2D eigenvalue weighted by atomic mass is 15.3. The van der Waals surface area contributed by atoms with E-state index in [-0.39, 0.29) is 5.41 Å². The summed E-state index contributed by atoms with van der Waals surface area (Å²) in [6.45, 7) is 4.74. The van der Waals surface area contributed by atoms with Crippen LogP contribution in [0.25, 0.3) is 22.0 Å². The molecule has 2 aromatic carbocycles. The lowest BCUT2D eigenvalue weighted by atomic mass is 9.77. The molecule has 1 aliphatic rings. The molecule has 0 bridgehead atoms. The second-order valence-corrected chi connectivity index (χ2v) is 8.42. The number of hydrogen-bond acceptors (Lipinski definition) is 4. The largest absolute Gasteiger partial charge is 0.388 e. The van der Waals surface area contributed by atoms with Gasteiger partial charge >= 0.3 is 0 Å². The summed E-state index contributed by atoms with van der Waals surface area (Å²) in [5.74, 6) is 0.769. The molecule has 3 N–H and O–H groups in total. The van der Waals surface area contributed by atoms with Crippen molar-refractivity contribution < 1.29 is 0 Å². The summed E-state index contributed by atoms with van der Waals surface area (Å²) in [4.78, 5) is 0. The van der Waals surface area contributed by atoms with Gasteiger partial charge in [-0.3, -0.25) is 4.68 Å². The lowest BCUT2D eigenvalue weighted by Crippen LogP contribution is -2.27. The average Bonchev–Trinajstić information content (AvgIpc) is 3.54. The Kier molecular flexibility index (Phi) is 4.93. The highest BCUT2D eigenvalue weighted by molar-refractivity contribution is 6.03. The molecule has 1 saturated carbocycles. The van der Waals surface area contributed by atoms with Crippen LogP contribution in [0.2, 0.25) is 0 Å². The Morgan fingerprint density at radius 3 is 2.24 bits per heavy atom. The topological polar surface area (TPSA) is 53.9 Å². The molecule has 0 aliphatic heterocycles. The molecule has 0 spiro atoms. The molecule has 0 radical (unpaired) electrons. The number of hydrogen-bond donors (Lipinski definition) is 3. The Balaban J connectivity index is 1.99. The van der Waals surface area contributed by atoms with Crippen LogP contribution in [-0.4, -0.2) is 30.9 Å². The second kappa shape index (κ2) is 7.29. The second-order valence-electron chi connectivity index (χ2n) is 8.42. The van der Waals surface area contributed by atoms with Gasteiger partial charge in [0.05, 0.1) is 5.69 Å². The van der Waals surface area contributed by atoms with Crippen molar-refractivity contribution in [1.29, 1.82) is 0 Å². The van der Waals surface area contributed by atoms with Crippen molar-refractivity contribution in [2.45, 2.75) is 38.5 Å². The van der Waals surface area contributed by atoms with Gasteiger partial charge < -0.3 is 16.0 Å². The molecule has 5 nitrogen and oxygen atoms in total. The molecule has 3 aromatic rings. The lowest BCUT2D eigenvalue weighted by molar-refractivity contribution is 0.369. The molecular formula is C24H33N5. The third-order valence-electron chi connectivity index (χ3n) is 6.85. The zero-order valence-electron chi connectivity index (χ0n) is 18.5. The van der Waals surface area contributed by atoms with Gasteiger partial charge in [-0.2, -0.15) is 5.10 Å². The molecule has 0 amide bonds. The predicted molar refractivity (Wildman–Crippen MR) is 125 cm³/mol. The number of aromatic nitrogens is 2. The smallest absolute Gasteiger partial charge is 0.101 e. The lowest BCUT2D eigenvalue weighted by Gasteiger charge is -2.29. The van der Waals surface area contributed by atoms with Crippen molar-refractivity contribution >= 4 is 28.0 Å². The molecule has 4 rings (SSSR count). The van der Waals surface area contributed by atoms with Gasteiger partial charge in [-0.25, -0.2) is 0 Å². The fourth-order valence-corrected chi connectivity index (χ4v) is 4.94. The van der Waals surface area contributed by atoms with E-state index in [1.165, 1.54) is 23.9 Å². The molecule has 1 heterocycles. The molecule has 1 aromatic heterocycles. The van der Waals surface area contributed by atoms with Gasteiger partial charge in [-0.05, 0) is 37.3 Å². The number of nitrogens with zero attached hydrogens (tertiary/aromatic N) is 2. The summed E-state index contributed by atoms with van der Waals surface area (Å²) >= 11 is 0. The van der Waals surface area contributed by atoms with Crippen LogP contribution < -0.4 is 16.0 Å². The van der Waals surface area contributed by atoms with E-state index in [0.717, 1.165) is 46.0 Å². The van der Waals surface area contributed by atoms with Crippen molar-refractivity contribution in [2.75, 3.05) is 37.1 Å². The van der Waals surface area contributed by atoms with E-state index in [1.54, 1.807) is 0 Å². The van der Waals surface area contributed by atoms with Crippen LogP contribution in [0.4, 0.5) is 17.1 Å². The van der Waals surface area contributed by atoms with Gasteiger partial charge in [-0.1, -0.05) is 32.0 Å². The number of anilines is 3. The number of nitrogens with one attached hydrogen (secondary N) is 3. The minimum absolute atomic E-state index is 0.176. The third-order valence-corrected chi connectivity index (χ3v) is 6.85. The van der Waals surface area contributed by atoms with Crippen molar-refractivity contribution in [3.63, 3.8) is 0 Å². The SMILES string of the molecule is CCC(C)(c1c2cccc(-c3c(NC)cc(NC)cc3NC)c2nn1C)C1CC1.